The zero-order valence-corrected chi connectivity index (χ0v) is 17.4. The molecule has 4 nitrogen and oxygen atoms in total. The predicted octanol–water partition coefficient (Wildman–Crippen LogP) is 6.57. The molecule has 0 amide bonds. The first-order valence-electron chi connectivity index (χ1n) is 10.6. The standard InChI is InChI=1S/C24H23F3N4/c1-3-23(4-2)15-20-30(18-11-7-5-9-16(18)23)21-22(29-14-13-28-21)31(20)19-12-8-6-10-17(19)24(25,26)27/h5-14,20H,3-4,15H2,1-2H3. The van der Waals surface area contributed by atoms with E-state index in [0.717, 1.165) is 24.6 Å². The molecule has 5 rings (SSSR count). The van der Waals surface area contributed by atoms with E-state index in [1.165, 1.54) is 17.7 Å². The topological polar surface area (TPSA) is 32.3 Å². The number of nitrogens with zero attached hydrogens (tertiary/aromatic N) is 4. The highest BCUT2D eigenvalue weighted by Crippen LogP contribution is 2.56. The van der Waals surface area contributed by atoms with Crippen molar-refractivity contribution in [2.24, 2.45) is 0 Å². The molecule has 31 heavy (non-hydrogen) atoms. The summed E-state index contributed by atoms with van der Waals surface area (Å²) in [5, 5.41) is 0. The van der Waals surface area contributed by atoms with Gasteiger partial charge in [-0.1, -0.05) is 44.2 Å². The van der Waals surface area contributed by atoms with E-state index >= 15 is 0 Å². The Hall–Kier alpha value is -3.09. The Balaban J connectivity index is 1.78. The number of hydrogen-bond donors (Lipinski definition) is 0. The van der Waals surface area contributed by atoms with Crippen molar-refractivity contribution in [2.75, 3.05) is 9.80 Å². The van der Waals surface area contributed by atoms with Crippen LogP contribution < -0.4 is 9.80 Å². The van der Waals surface area contributed by atoms with Crippen LogP contribution in [0.1, 0.15) is 44.2 Å². The molecule has 7 heteroatoms. The Morgan fingerprint density at radius 1 is 0.871 bits per heavy atom. The molecule has 0 fully saturated rings. The molecule has 2 aliphatic heterocycles. The lowest BCUT2D eigenvalue weighted by Crippen LogP contribution is -2.49. The van der Waals surface area contributed by atoms with E-state index in [1.807, 2.05) is 18.2 Å². The zero-order valence-electron chi connectivity index (χ0n) is 17.4. The van der Waals surface area contributed by atoms with Gasteiger partial charge in [-0.15, -0.1) is 0 Å². The molecule has 0 saturated carbocycles. The molecule has 0 radical (unpaired) electrons. The Labute approximate surface area is 179 Å². The summed E-state index contributed by atoms with van der Waals surface area (Å²) < 4.78 is 41.8. The van der Waals surface area contributed by atoms with Gasteiger partial charge in [0.25, 0.3) is 0 Å². The smallest absolute Gasteiger partial charge is 0.302 e. The molecule has 1 unspecified atom stereocenters. The van der Waals surface area contributed by atoms with Crippen molar-refractivity contribution in [3.8, 4) is 0 Å². The molecule has 0 N–H and O–H groups in total. The number of fused-ring (bicyclic) bond motifs is 5. The van der Waals surface area contributed by atoms with Gasteiger partial charge in [0.15, 0.2) is 11.6 Å². The van der Waals surface area contributed by atoms with Crippen molar-refractivity contribution in [2.45, 2.75) is 50.9 Å². The SMILES string of the molecule is CCC1(CC)CC2N(c3ccccc3C(F)(F)F)c3nccnc3N2c2ccccc21. The molecule has 0 aliphatic carbocycles. The lowest BCUT2D eigenvalue weighted by atomic mass is 9.69. The number of para-hydroxylation sites is 2. The zero-order chi connectivity index (χ0) is 21.8. The van der Waals surface area contributed by atoms with Crippen LogP contribution in [0.15, 0.2) is 60.9 Å². The van der Waals surface area contributed by atoms with Crippen LogP contribution in [0.4, 0.5) is 36.2 Å². The van der Waals surface area contributed by atoms with Crippen molar-refractivity contribution in [1.29, 1.82) is 0 Å². The maximum absolute atomic E-state index is 13.9. The number of aromatic nitrogens is 2. The van der Waals surface area contributed by atoms with Crippen LogP contribution in [0.2, 0.25) is 0 Å². The summed E-state index contributed by atoms with van der Waals surface area (Å²) in [7, 11) is 0. The van der Waals surface area contributed by atoms with Gasteiger partial charge in [-0.05, 0) is 43.0 Å². The van der Waals surface area contributed by atoms with Crippen LogP contribution in [0.25, 0.3) is 0 Å². The first-order chi connectivity index (χ1) is 14.9. The number of alkyl halides is 3. The van der Waals surface area contributed by atoms with Crippen LogP contribution in [-0.2, 0) is 11.6 Å². The van der Waals surface area contributed by atoms with Gasteiger partial charge in [0.05, 0.1) is 11.3 Å². The van der Waals surface area contributed by atoms with Crippen LogP contribution in [0.5, 0.6) is 0 Å². The third kappa shape index (κ3) is 2.82. The van der Waals surface area contributed by atoms with E-state index in [2.05, 4.69) is 34.8 Å². The lowest BCUT2D eigenvalue weighted by molar-refractivity contribution is -0.137. The minimum Gasteiger partial charge on any atom is -0.302 e. The monoisotopic (exact) mass is 424 g/mol. The van der Waals surface area contributed by atoms with Crippen molar-refractivity contribution >= 4 is 23.0 Å². The van der Waals surface area contributed by atoms with Crippen molar-refractivity contribution < 1.29 is 13.2 Å². The lowest BCUT2D eigenvalue weighted by Gasteiger charge is -2.47. The fraction of sp³-hybridized carbons (Fsp3) is 0.333. The van der Waals surface area contributed by atoms with E-state index in [9.17, 15) is 13.2 Å². The minimum atomic E-state index is -4.47. The number of halogens is 3. The highest BCUT2D eigenvalue weighted by atomic mass is 19.4. The highest BCUT2D eigenvalue weighted by molar-refractivity contribution is 5.86. The third-order valence-electron chi connectivity index (χ3n) is 6.84. The van der Waals surface area contributed by atoms with E-state index in [-0.39, 0.29) is 17.3 Å². The second-order valence-corrected chi connectivity index (χ2v) is 8.15. The fourth-order valence-electron chi connectivity index (χ4n) is 5.23. The van der Waals surface area contributed by atoms with Gasteiger partial charge in [0, 0.05) is 23.5 Å². The summed E-state index contributed by atoms with van der Waals surface area (Å²) >= 11 is 0. The number of benzene rings is 2. The molecule has 3 heterocycles. The maximum Gasteiger partial charge on any atom is 0.418 e. The molecular weight excluding hydrogens is 401 g/mol. The van der Waals surface area contributed by atoms with Crippen molar-refractivity contribution in [3.63, 3.8) is 0 Å². The molecule has 2 aromatic carbocycles. The minimum absolute atomic E-state index is 0.115. The molecule has 160 valence electrons. The average molecular weight is 424 g/mol. The molecule has 3 aromatic rings. The summed E-state index contributed by atoms with van der Waals surface area (Å²) in [6, 6.07) is 13.9. The van der Waals surface area contributed by atoms with Gasteiger partial charge in [-0.3, -0.25) is 0 Å². The molecule has 1 atom stereocenters. The molecule has 2 aliphatic rings. The first kappa shape index (κ1) is 19.8. The number of rotatable bonds is 3. The summed E-state index contributed by atoms with van der Waals surface area (Å²) in [6.07, 6.45) is 0.814. The van der Waals surface area contributed by atoms with Gasteiger partial charge in [0.2, 0.25) is 0 Å². The Kier molecular flexibility index (Phi) is 4.46. The predicted molar refractivity (Wildman–Crippen MR) is 115 cm³/mol. The van der Waals surface area contributed by atoms with Gasteiger partial charge >= 0.3 is 6.18 Å². The van der Waals surface area contributed by atoms with E-state index in [4.69, 9.17) is 0 Å². The molecule has 0 saturated heterocycles. The summed E-state index contributed by atoms with van der Waals surface area (Å²) in [5.41, 5.74) is 1.54. The van der Waals surface area contributed by atoms with Crippen LogP contribution in [0, 0.1) is 0 Å². The molecule has 1 aromatic heterocycles. The third-order valence-corrected chi connectivity index (χ3v) is 6.84. The fourth-order valence-corrected chi connectivity index (χ4v) is 5.23. The second-order valence-electron chi connectivity index (χ2n) is 8.15. The number of hydrogen-bond acceptors (Lipinski definition) is 4. The quantitative estimate of drug-likeness (QED) is 0.476. The normalized spacial score (nSPS) is 19.1. The Morgan fingerprint density at radius 3 is 2.03 bits per heavy atom. The summed E-state index contributed by atoms with van der Waals surface area (Å²) in [6.45, 7) is 4.31. The van der Waals surface area contributed by atoms with E-state index in [1.54, 1.807) is 23.4 Å². The van der Waals surface area contributed by atoms with Gasteiger partial charge in [-0.25, -0.2) is 9.97 Å². The largest absolute Gasteiger partial charge is 0.418 e. The Bertz CT molecular complexity index is 1120. The average Bonchev–Trinajstić information content (AvgIpc) is 3.11. The van der Waals surface area contributed by atoms with Crippen LogP contribution in [0.3, 0.4) is 0 Å². The number of anilines is 4. The van der Waals surface area contributed by atoms with Crippen molar-refractivity contribution in [3.05, 3.63) is 72.1 Å². The van der Waals surface area contributed by atoms with Crippen LogP contribution >= 0.6 is 0 Å². The maximum atomic E-state index is 13.9. The van der Waals surface area contributed by atoms with Gasteiger partial charge < -0.3 is 9.80 Å². The van der Waals surface area contributed by atoms with Gasteiger partial charge in [-0.2, -0.15) is 13.2 Å². The van der Waals surface area contributed by atoms with E-state index in [0.29, 0.717) is 18.1 Å². The van der Waals surface area contributed by atoms with E-state index < -0.39 is 11.7 Å². The Morgan fingerprint density at radius 2 is 1.42 bits per heavy atom. The first-order valence-corrected chi connectivity index (χ1v) is 10.6. The molecular formula is C24H23F3N4. The van der Waals surface area contributed by atoms with Gasteiger partial charge in [0.1, 0.15) is 6.17 Å². The second kappa shape index (κ2) is 6.97. The molecule has 0 bridgehead atoms. The summed E-state index contributed by atoms with van der Waals surface area (Å²) in [5.74, 6) is 1.06. The van der Waals surface area contributed by atoms with Crippen LogP contribution in [-0.4, -0.2) is 16.1 Å². The summed E-state index contributed by atoms with van der Waals surface area (Å²) in [4.78, 5) is 12.8. The van der Waals surface area contributed by atoms with Crippen molar-refractivity contribution in [1.82, 2.24) is 9.97 Å². The highest BCUT2D eigenvalue weighted by Gasteiger charge is 2.51. The molecule has 0 spiro atoms.